The van der Waals surface area contributed by atoms with Crippen molar-refractivity contribution in [1.29, 1.82) is 0 Å². The van der Waals surface area contributed by atoms with Crippen molar-refractivity contribution in [2.75, 3.05) is 11.9 Å². The van der Waals surface area contributed by atoms with Gasteiger partial charge in [-0.3, -0.25) is 0 Å². The van der Waals surface area contributed by atoms with E-state index in [1.165, 1.54) is 19.1 Å². The minimum absolute atomic E-state index is 0.139. The van der Waals surface area contributed by atoms with Crippen LogP contribution in [0.15, 0.2) is 24.3 Å². The van der Waals surface area contributed by atoms with Crippen LogP contribution in [0.2, 0.25) is 0 Å². The lowest BCUT2D eigenvalue weighted by molar-refractivity contribution is -0.138. The Hall–Kier alpha value is -2.64. The Kier molecular flexibility index (Phi) is 4.60. The van der Waals surface area contributed by atoms with Gasteiger partial charge in [0, 0.05) is 12.1 Å². The van der Waals surface area contributed by atoms with Crippen molar-refractivity contribution in [3.63, 3.8) is 0 Å². The van der Waals surface area contributed by atoms with Crippen LogP contribution in [0.5, 0.6) is 0 Å². The topological polar surface area (TPSA) is 62.2 Å². The summed E-state index contributed by atoms with van der Waals surface area (Å²) in [6, 6.07) is 4.62. The third kappa shape index (κ3) is 3.79. The summed E-state index contributed by atoms with van der Waals surface area (Å²) in [6.45, 7) is 1.88. The maximum absolute atomic E-state index is 13.8. The molecule has 26 heavy (non-hydrogen) atoms. The normalized spacial score (nSPS) is 14.3. The molecule has 8 heteroatoms. The third-order valence-corrected chi connectivity index (χ3v) is 4.26. The highest BCUT2D eigenvalue weighted by Crippen LogP contribution is 2.38. The van der Waals surface area contributed by atoms with Crippen molar-refractivity contribution < 1.29 is 27.5 Å². The fourth-order valence-electron chi connectivity index (χ4n) is 2.58. The number of aromatic nitrogens is 1. The van der Waals surface area contributed by atoms with E-state index in [2.05, 4.69) is 10.3 Å². The van der Waals surface area contributed by atoms with Crippen molar-refractivity contribution in [3.05, 3.63) is 46.8 Å². The SMILES string of the molecule is Cc1ccc(-c2cc(C(F)(F)F)c(C(=O)O)c(NCC3CC3)n2)cc1F. The summed E-state index contributed by atoms with van der Waals surface area (Å²) < 4.78 is 54.1. The molecule has 0 amide bonds. The van der Waals surface area contributed by atoms with Gasteiger partial charge in [-0.05, 0) is 43.4 Å². The predicted octanol–water partition coefficient (Wildman–Crippen LogP) is 4.74. The van der Waals surface area contributed by atoms with E-state index in [1.54, 1.807) is 0 Å². The molecule has 0 unspecified atom stereocenters. The average Bonchev–Trinajstić information content (AvgIpc) is 3.38. The molecule has 138 valence electrons. The van der Waals surface area contributed by atoms with Crippen molar-refractivity contribution >= 4 is 11.8 Å². The lowest BCUT2D eigenvalue weighted by Gasteiger charge is -2.17. The van der Waals surface area contributed by atoms with Crippen LogP contribution in [-0.4, -0.2) is 22.6 Å². The second kappa shape index (κ2) is 6.59. The molecule has 1 aromatic carbocycles. The number of aromatic carboxylic acids is 1. The van der Waals surface area contributed by atoms with E-state index in [9.17, 15) is 27.5 Å². The van der Waals surface area contributed by atoms with Gasteiger partial charge in [0.2, 0.25) is 0 Å². The quantitative estimate of drug-likeness (QED) is 0.749. The van der Waals surface area contributed by atoms with E-state index in [0.29, 0.717) is 24.1 Å². The van der Waals surface area contributed by atoms with E-state index >= 15 is 0 Å². The number of hydrogen-bond donors (Lipinski definition) is 2. The molecule has 0 bridgehead atoms. The van der Waals surface area contributed by atoms with Crippen LogP contribution in [0.1, 0.15) is 34.3 Å². The van der Waals surface area contributed by atoms with Gasteiger partial charge in [-0.2, -0.15) is 13.2 Å². The summed E-state index contributed by atoms with van der Waals surface area (Å²) in [4.78, 5) is 15.5. The third-order valence-electron chi connectivity index (χ3n) is 4.26. The Morgan fingerprint density at radius 2 is 2.00 bits per heavy atom. The number of anilines is 1. The average molecular weight is 368 g/mol. The van der Waals surface area contributed by atoms with E-state index in [1.807, 2.05) is 0 Å². The molecule has 1 aliphatic rings. The van der Waals surface area contributed by atoms with Gasteiger partial charge in [0.05, 0.1) is 11.3 Å². The minimum atomic E-state index is -4.88. The highest BCUT2D eigenvalue weighted by atomic mass is 19.4. The highest BCUT2D eigenvalue weighted by Gasteiger charge is 2.38. The number of alkyl halides is 3. The Morgan fingerprint density at radius 3 is 2.54 bits per heavy atom. The van der Waals surface area contributed by atoms with Gasteiger partial charge in [-0.15, -0.1) is 0 Å². The summed E-state index contributed by atoms with van der Waals surface area (Å²) >= 11 is 0. The molecule has 1 saturated carbocycles. The van der Waals surface area contributed by atoms with E-state index in [0.717, 1.165) is 18.9 Å². The second-order valence-electron chi connectivity index (χ2n) is 6.37. The standard InChI is InChI=1S/C18H16F4N2O2/c1-9-2-5-11(6-13(9)19)14-7-12(18(20,21)22)15(17(25)26)16(24-14)23-8-10-3-4-10/h2,5-7,10H,3-4,8H2,1H3,(H,23,24)(H,25,26). The van der Waals surface area contributed by atoms with Gasteiger partial charge >= 0.3 is 12.1 Å². The molecule has 0 spiro atoms. The molecule has 2 aromatic rings. The van der Waals surface area contributed by atoms with Crippen molar-refractivity contribution in [3.8, 4) is 11.3 Å². The first-order valence-corrected chi connectivity index (χ1v) is 8.02. The number of hydrogen-bond acceptors (Lipinski definition) is 3. The number of nitrogens with one attached hydrogen (secondary N) is 1. The Balaban J connectivity index is 2.16. The summed E-state index contributed by atoms with van der Waals surface area (Å²) in [5.41, 5.74) is -1.88. The van der Waals surface area contributed by atoms with Crippen LogP contribution >= 0.6 is 0 Å². The smallest absolute Gasteiger partial charge is 0.417 e. The van der Waals surface area contributed by atoms with Crippen LogP contribution in [-0.2, 0) is 6.18 Å². The minimum Gasteiger partial charge on any atom is -0.478 e. The first-order valence-electron chi connectivity index (χ1n) is 8.02. The van der Waals surface area contributed by atoms with Gasteiger partial charge in [0.25, 0.3) is 0 Å². The molecule has 1 fully saturated rings. The molecule has 1 heterocycles. The largest absolute Gasteiger partial charge is 0.478 e. The van der Waals surface area contributed by atoms with E-state index in [-0.39, 0.29) is 17.1 Å². The molecular weight excluding hydrogens is 352 g/mol. The van der Waals surface area contributed by atoms with Crippen LogP contribution in [0.25, 0.3) is 11.3 Å². The molecule has 0 saturated heterocycles. The first kappa shape index (κ1) is 18.2. The Bertz CT molecular complexity index is 861. The summed E-state index contributed by atoms with van der Waals surface area (Å²) in [5.74, 6) is -2.35. The fourth-order valence-corrected chi connectivity index (χ4v) is 2.58. The lowest BCUT2D eigenvalue weighted by Crippen LogP contribution is -2.18. The second-order valence-corrected chi connectivity index (χ2v) is 6.37. The molecule has 2 N–H and O–H groups in total. The van der Waals surface area contributed by atoms with Crippen molar-refractivity contribution in [1.82, 2.24) is 4.98 Å². The molecular formula is C18H16F4N2O2. The number of carboxylic acid groups (broad SMARTS) is 1. The van der Waals surface area contributed by atoms with Crippen molar-refractivity contribution in [2.24, 2.45) is 5.92 Å². The zero-order valence-corrected chi connectivity index (χ0v) is 13.8. The molecule has 3 rings (SSSR count). The molecule has 1 aromatic heterocycles. The summed E-state index contributed by atoms with van der Waals surface area (Å²) in [5, 5.41) is 12.0. The maximum Gasteiger partial charge on any atom is 0.417 e. The lowest BCUT2D eigenvalue weighted by atomic mass is 10.0. The number of aryl methyl sites for hydroxylation is 1. The Morgan fingerprint density at radius 1 is 1.31 bits per heavy atom. The van der Waals surface area contributed by atoms with Gasteiger partial charge in [-0.1, -0.05) is 12.1 Å². The molecule has 0 atom stereocenters. The number of halogens is 4. The monoisotopic (exact) mass is 368 g/mol. The molecule has 0 aliphatic heterocycles. The van der Waals surface area contributed by atoms with Gasteiger partial charge < -0.3 is 10.4 Å². The Labute approximate surface area is 146 Å². The number of pyridine rings is 1. The first-order chi connectivity index (χ1) is 12.2. The van der Waals surface area contributed by atoms with Crippen LogP contribution in [0.3, 0.4) is 0 Å². The van der Waals surface area contributed by atoms with Gasteiger partial charge in [0.1, 0.15) is 17.2 Å². The molecule has 0 radical (unpaired) electrons. The van der Waals surface area contributed by atoms with Crippen LogP contribution in [0, 0.1) is 18.7 Å². The number of nitrogens with zero attached hydrogens (tertiary/aromatic N) is 1. The van der Waals surface area contributed by atoms with Crippen LogP contribution in [0.4, 0.5) is 23.4 Å². The number of carbonyl (C=O) groups is 1. The van der Waals surface area contributed by atoms with Gasteiger partial charge in [0.15, 0.2) is 0 Å². The summed E-state index contributed by atoms with van der Waals surface area (Å²) in [6.07, 6.45) is -3.01. The van der Waals surface area contributed by atoms with Crippen LogP contribution < -0.4 is 5.32 Å². The van der Waals surface area contributed by atoms with Crippen molar-refractivity contribution in [2.45, 2.75) is 25.9 Å². The molecule has 4 nitrogen and oxygen atoms in total. The maximum atomic E-state index is 13.8. The number of rotatable bonds is 5. The van der Waals surface area contributed by atoms with Gasteiger partial charge in [-0.25, -0.2) is 14.2 Å². The summed E-state index contributed by atoms with van der Waals surface area (Å²) in [7, 11) is 0. The van der Waals surface area contributed by atoms with E-state index in [4.69, 9.17) is 0 Å². The predicted molar refractivity (Wildman–Crippen MR) is 87.5 cm³/mol. The zero-order chi connectivity index (χ0) is 19.1. The zero-order valence-electron chi connectivity index (χ0n) is 13.8. The van der Waals surface area contributed by atoms with E-state index < -0.39 is 29.1 Å². The highest BCUT2D eigenvalue weighted by molar-refractivity contribution is 5.96. The molecule has 1 aliphatic carbocycles. The fraction of sp³-hybridized carbons (Fsp3) is 0.333. The number of benzene rings is 1. The number of carboxylic acids is 1.